The Hall–Kier alpha value is -2.49. The molecule has 4 nitrogen and oxygen atoms in total. The van der Waals surface area contributed by atoms with Gasteiger partial charge in [-0.25, -0.2) is 0 Å². The van der Waals surface area contributed by atoms with Gasteiger partial charge in [-0.2, -0.15) is 0 Å². The van der Waals surface area contributed by atoms with Crippen LogP contribution in [-0.4, -0.2) is 26.6 Å². The number of Topliss-reactive ketones (excluding diaryl/α,β-unsaturated/α-hetero) is 1. The van der Waals surface area contributed by atoms with Crippen molar-refractivity contribution in [1.82, 2.24) is 0 Å². The van der Waals surface area contributed by atoms with Crippen LogP contribution in [0.1, 0.15) is 35.2 Å². The van der Waals surface area contributed by atoms with Gasteiger partial charge in [-0.3, -0.25) is 4.79 Å². The third kappa shape index (κ3) is 3.23. The summed E-state index contributed by atoms with van der Waals surface area (Å²) in [4.78, 5) is 12.8. The lowest BCUT2D eigenvalue weighted by Crippen LogP contribution is -2.06. The summed E-state index contributed by atoms with van der Waals surface area (Å²) in [5.41, 5.74) is 1.77. The molecule has 3 rings (SSSR count). The molecule has 0 aromatic heterocycles. The molecule has 0 bridgehead atoms. The van der Waals surface area contributed by atoms with E-state index in [1.54, 1.807) is 32.4 Å². The van der Waals surface area contributed by atoms with Gasteiger partial charge in [0.15, 0.2) is 5.78 Å². The van der Waals surface area contributed by atoms with Crippen LogP contribution in [0.2, 0.25) is 0 Å². The zero-order valence-electron chi connectivity index (χ0n) is 14.2. The number of carbonyl (C=O) groups is 1. The summed E-state index contributed by atoms with van der Waals surface area (Å²) in [6.45, 7) is 2.62. The minimum atomic E-state index is 0.00366. The Bertz CT molecular complexity index is 721. The van der Waals surface area contributed by atoms with E-state index in [0.29, 0.717) is 23.7 Å². The van der Waals surface area contributed by atoms with Crippen molar-refractivity contribution in [3.05, 3.63) is 53.6 Å². The van der Waals surface area contributed by atoms with Crippen LogP contribution in [0, 0.1) is 5.92 Å². The number of carbonyl (C=O) groups excluding carboxylic acids is 1. The van der Waals surface area contributed by atoms with E-state index in [1.165, 1.54) is 5.56 Å². The lowest BCUT2D eigenvalue weighted by atomic mass is 10.0. The van der Waals surface area contributed by atoms with Crippen LogP contribution >= 0.6 is 0 Å². The van der Waals surface area contributed by atoms with Crippen molar-refractivity contribution in [2.75, 3.05) is 20.8 Å². The Morgan fingerprint density at radius 3 is 2.38 bits per heavy atom. The number of rotatable bonds is 7. The van der Waals surface area contributed by atoms with E-state index in [1.807, 2.05) is 31.2 Å². The van der Waals surface area contributed by atoms with Crippen molar-refractivity contribution in [1.29, 1.82) is 0 Å². The van der Waals surface area contributed by atoms with E-state index in [0.717, 1.165) is 12.2 Å². The van der Waals surface area contributed by atoms with Crippen molar-refractivity contribution >= 4 is 5.78 Å². The fraction of sp³-hybridized carbons (Fsp3) is 0.350. The summed E-state index contributed by atoms with van der Waals surface area (Å²) in [6, 6.07) is 13.4. The zero-order valence-corrected chi connectivity index (χ0v) is 14.2. The maximum absolute atomic E-state index is 12.8. The van der Waals surface area contributed by atoms with Crippen molar-refractivity contribution in [2.24, 2.45) is 5.92 Å². The lowest BCUT2D eigenvalue weighted by Gasteiger charge is -2.10. The van der Waals surface area contributed by atoms with Gasteiger partial charge in [0.25, 0.3) is 0 Å². The lowest BCUT2D eigenvalue weighted by molar-refractivity contribution is 0.0962. The molecule has 1 aliphatic rings. The van der Waals surface area contributed by atoms with Crippen LogP contribution in [0.25, 0.3) is 0 Å². The zero-order chi connectivity index (χ0) is 17.1. The molecule has 2 unspecified atom stereocenters. The fourth-order valence-corrected chi connectivity index (χ4v) is 3.04. The average molecular weight is 326 g/mol. The first-order valence-electron chi connectivity index (χ1n) is 8.17. The highest BCUT2D eigenvalue weighted by molar-refractivity contribution is 6.03. The van der Waals surface area contributed by atoms with Crippen molar-refractivity contribution < 1.29 is 19.0 Å². The van der Waals surface area contributed by atoms with Crippen molar-refractivity contribution in [3.8, 4) is 17.2 Å². The van der Waals surface area contributed by atoms with Crippen LogP contribution in [0.5, 0.6) is 17.2 Å². The second-order valence-corrected chi connectivity index (χ2v) is 5.88. The standard InChI is InChI=1S/C20H22O4/c1-4-24-14-7-5-13(6-8-14)16-12-17(16)20(21)18-11-15(22-2)9-10-19(18)23-3/h5-11,16-17H,4,12H2,1-3H3. The number of methoxy groups -OCH3 is 2. The second-order valence-electron chi connectivity index (χ2n) is 5.88. The molecule has 2 atom stereocenters. The van der Waals surface area contributed by atoms with Crippen molar-refractivity contribution in [3.63, 3.8) is 0 Å². The van der Waals surface area contributed by atoms with Crippen LogP contribution in [0.4, 0.5) is 0 Å². The smallest absolute Gasteiger partial charge is 0.170 e. The largest absolute Gasteiger partial charge is 0.497 e. The maximum atomic E-state index is 12.8. The molecule has 1 saturated carbocycles. The highest BCUT2D eigenvalue weighted by Crippen LogP contribution is 2.50. The number of ether oxygens (including phenoxy) is 3. The number of hydrogen-bond donors (Lipinski definition) is 0. The van der Waals surface area contributed by atoms with E-state index in [2.05, 4.69) is 0 Å². The average Bonchev–Trinajstić information content (AvgIpc) is 3.42. The Kier molecular flexibility index (Phi) is 4.74. The highest BCUT2D eigenvalue weighted by Gasteiger charge is 2.44. The van der Waals surface area contributed by atoms with E-state index < -0.39 is 0 Å². The molecule has 0 heterocycles. The van der Waals surface area contributed by atoms with Crippen LogP contribution < -0.4 is 14.2 Å². The number of hydrogen-bond acceptors (Lipinski definition) is 4. The van der Waals surface area contributed by atoms with Gasteiger partial charge in [0.1, 0.15) is 17.2 Å². The van der Waals surface area contributed by atoms with Crippen LogP contribution in [-0.2, 0) is 0 Å². The van der Waals surface area contributed by atoms with Gasteiger partial charge < -0.3 is 14.2 Å². The monoisotopic (exact) mass is 326 g/mol. The minimum Gasteiger partial charge on any atom is -0.497 e. The molecule has 0 amide bonds. The fourth-order valence-electron chi connectivity index (χ4n) is 3.04. The SMILES string of the molecule is CCOc1ccc(C2CC2C(=O)c2cc(OC)ccc2OC)cc1. The minimum absolute atomic E-state index is 0.00366. The van der Waals surface area contributed by atoms with E-state index in [-0.39, 0.29) is 17.6 Å². The summed E-state index contributed by atoms with van der Waals surface area (Å²) in [5.74, 6) is 2.51. The molecule has 24 heavy (non-hydrogen) atoms. The Labute approximate surface area is 142 Å². The molecule has 0 saturated heterocycles. The molecule has 0 spiro atoms. The third-order valence-electron chi connectivity index (χ3n) is 4.42. The normalized spacial score (nSPS) is 18.8. The third-order valence-corrected chi connectivity index (χ3v) is 4.42. The second kappa shape index (κ2) is 6.95. The molecular weight excluding hydrogens is 304 g/mol. The van der Waals surface area contributed by atoms with Gasteiger partial charge in [-0.15, -0.1) is 0 Å². The first-order valence-corrected chi connectivity index (χ1v) is 8.17. The van der Waals surface area contributed by atoms with Crippen molar-refractivity contribution in [2.45, 2.75) is 19.3 Å². The first-order chi connectivity index (χ1) is 11.7. The Morgan fingerprint density at radius 1 is 1.04 bits per heavy atom. The van der Waals surface area contributed by atoms with Gasteiger partial charge in [0.2, 0.25) is 0 Å². The van der Waals surface area contributed by atoms with E-state index >= 15 is 0 Å². The molecule has 2 aromatic carbocycles. The van der Waals surface area contributed by atoms with Crippen LogP contribution in [0.15, 0.2) is 42.5 Å². The quantitative estimate of drug-likeness (QED) is 0.719. The maximum Gasteiger partial charge on any atom is 0.170 e. The molecule has 4 heteroatoms. The summed E-state index contributed by atoms with van der Waals surface area (Å²) >= 11 is 0. The summed E-state index contributed by atoms with van der Waals surface area (Å²) < 4.78 is 16.0. The van der Waals surface area contributed by atoms with Gasteiger partial charge in [0.05, 0.1) is 26.4 Å². The van der Waals surface area contributed by atoms with E-state index in [9.17, 15) is 4.79 Å². The van der Waals surface area contributed by atoms with Gasteiger partial charge >= 0.3 is 0 Å². The Morgan fingerprint density at radius 2 is 1.75 bits per heavy atom. The predicted molar refractivity (Wildman–Crippen MR) is 92.3 cm³/mol. The van der Waals surface area contributed by atoms with Gasteiger partial charge in [-0.1, -0.05) is 12.1 Å². The molecule has 0 aliphatic heterocycles. The summed E-state index contributed by atoms with van der Waals surface area (Å²) in [6.07, 6.45) is 0.868. The number of benzene rings is 2. The van der Waals surface area contributed by atoms with Crippen LogP contribution in [0.3, 0.4) is 0 Å². The molecule has 0 radical (unpaired) electrons. The molecule has 126 valence electrons. The van der Waals surface area contributed by atoms with Gasteiger partial charge in [-0.05, 0) is 55.2 Å². The molecular formula is C20H22O4. The first kappa shape index (κ1) is 16.4. The summed E-state index contributed by atoms with van der Waals surface area (Å²) in [7, 11) is 3.17. The van der Waals surface area contributed by atoms with Gasteiger partial charge in [0, 0.05) is 5.92 Å². The van der Waals surface area contributed by atoms with E-state index in [4.69, 9.17) is 14.2 Å². The molecule has 1 fully saturated rings. The molecule has 0 N–H and O–H groups in total. The molecule has 1 aliphatic carbocycles. The Balaban J connectivity index is 1.76. The number of ketones is 1. The molecule has 2 aromatic rings. The topological polar surface area (TPSA) is 44.8 Å². The predicted octanol–water partition coefficient (Wildman–Crippen LogP) is 4.09. The summed E-state index contributed by atoms with van der Waals surface area (Å²) in [5, 5.41) is 0. The highest BCUT2D eigenvalue weighted by atomic mass is 16.5.